The molecule has 0 saturated heterocycles. The molecule has 1 aliphatic rings. The third-order valence-corrected chi connectivity index (χ3v) is 4.75. The first-order chi connectivity index (χ1) is 12.6. The quantitative estimate of drug-likeness (QED) is 0.746. The van der Waals surface area contributed by atoms with Crippen molar-refractivity contribution in [2.45, 2.75) is 25.9 Å². The molecule has 1 heterocycles. The lowest BCUT2D eigenvalue weighted by atomic mass is 9.78. The second-order valence-corrected chi connectivity index (χ2v) is 6.06. The Morgan fingerprint density at radius 3 is 1.81 bits per heavy atom. The van der Waals surface area contributed by atoms with Crippen LogP contribution in [0.2, 0.25) is 0 Å². The Kier molecular flexibility index (Phi) is 5.67. The lowest BCUT2D eigenvalue weighted by molar-refractivity contribution is -0.140. The van der Waals surface area contributed by atoms with Crippen molar-refractivity contribution in [2.24, 2.45) is 0 Å². The van der Waals surface area contributed by atoms with Crippen molar-refractivity contribution in [1.82, 2.24) is 4.90 Å². The number of carbonyl (C=O) groups is 2. The second-order valence-electron chi connectivity index (χ2n) is 6.06. The Morgan fingerprint density at radius 2 is 1.41 bits per heavy atom. The minimum atomic E-state index is -4.66. The van der Waals surface area contributed by atoms with Crippen LogP contribution in [0.5, 0.6) is 0 Å². The van der Waals surface area contributed by atoms with Crippen LogP contribution in [0.25, 0.3) is 0 Å². The van der Waals surface area contributed by atoms with Gasteiger partial charge in [-0.2, -0.15) is 13.2 Å². The molecule has 0 N–H and O–H groups in total. The van der Waals surface area contributed by atoms with Gasteiger partial charge in [0.05, 0.1) is 36.8 Å². The number of methoxy groups -OCH3 is 2. The summed E-state index contributed by atoms with van der Waals surface area (Å²) in [6, 6.07) is 4.86. The molecule has 8 heteroatoms. The molecule has 0 bridgehead atoms. The predicted octanol–water partition coefficient (Wildman–Crippen LogP) is 3.63. The first-order valence-electron chi connectivity index (χ1n) is 8.04. The third kappa shape index (κ3) is 3.56. The van der Waals surface area contributed by atoms with Gasteiger partial charge >= 0.3 is 18.1 Å². The molecule has 0 aliphatic carbocycles. The highest BCUT2D eigenvalue weighted by atomic mass is 19.4. The van der Waals surface area contributed by atoms with E-state index in [0.29, 0.717) is 11.4 Å². The van der Waals surface area contributed by atoms with Crippen LogP contribution < -0.4 is 0 Å². The van der Waals surface area contributed by atoms with E-state index in [9.17, 15) is 22.8 Å². The standard InChI is InChI=1S/C19H20F3NO4/c1-10-14(17(24)26-4)16(15(18(25)27-5)11(2)23(10)3)12-8-6-7-9-13(12)19(20,21)22/h6-9,16H,1-5H3. The number of allylic oxidation sites excluding steroid dienone is 2. The highest BCUT2D eigenvalue weighted by Crippen LogP contribution is 2.46. The molecular formula is C19H20F3NO4. The smallest absolute Gasteiger partial charge is 0.416 e. The van der Waals surface area contributed by atoms with Crippen LogP contribution in [0, 0.1) is 0 Å². The summed E-state index contributed by atoms with van der Waals surface area (Å²) in [7, 11) is 3.89. The van der Waals surface area contributed by atoms with Gasteiger partial charge in [-0.25, -0.2) is 9.59 Å². The van der Waals surface area contributed by atoms with E-state index in [2.05, 4.69) is 0 Å². The minimum absolute atomic E-state index is 0.0392. The van der Waals surface area contributed by atoms with Crippen molar-refractivity contribution in [1.29, 1.82) is 0 Å². The number of benzene rings is 1. The minimum Gasteiger partial charge on any atom is -0.466 e. The van der Waals surface area contributed by atoms with Gasteiger partial charge in [-0.15, -0.1) is 0 Å². The van der Waals surface area contributed by atoms with E-state index in [0.717, 1.165) is 20.3 Å². The van der Waals surface area contributed by atoms with Crippen LogP contribution in [0.3, 0.4) is 0 Å². The summed E-state index contributed by atoms with van der Waals surface area (Å²) in [6.07, 6.45) is -4.66. The average Bonchev–Trinajstić information content (AvgIpc) is 2.64. The van der Waals surface area contributed by atoms with E-state index < -0.39 is 29.6 Å². The van der Waals surface area contributed by atoms with Gasteiger partial charge in [-0.1, -0.05) is 18.2 Å². The SMILES string of the molecule is COC(=O)C1=C(C)N(C)C(C)=C(C(=O)OC)C1c1ccccc1C(F)(F)F. The van der Waals surface area contributed by atoms with Crippen molar-refractivity contribution >= 4 is 11.9 Å². The highest BCUT2D eigenvalue weighted by molar-refractivity contribution is 5.99. The molecule has 2 rings (SSSR count). The molecule has 0 fully saturated rings. The van der Waals surface area contributed by atoms with E-state index in [1.54, 1.807) is 25.8 Å². The highest BCUT2D eigenvalue weighted by Gasteiger charge is 2.43. The first kappa shape index (κ1) is 20.5. The van der Waals surface area contributed by atoms with E-state index in [1.807, 2.05) is 0 Å². The molecular weight excluding hydrogens is 363 g/mol. The van der Waals surface area contributed by atoms with Crippen molar-refractivity contribution in [3.05, 3.63) is 57.9 Å². The zero-order valence-corrected chi connectivity index (χ0v) is 15.6. The molecule has 0 spiro atoms. The maximum atomic E-state index is 13.6. The van der Waals surface area contributed by atoms with Gasteiger partial charge in [0.1, 0.15) is 0 Å². The Labute approximate surface area is 155 Å². The van der Waals surface area contributed by atoms with Crippen LogP contribution in [0.1, 0.15) is 30.9 Å². The van der Waals surface area contributed by atoms with Crippen LogP contribution in [0.4, 0.5) is 13.2 Å². The van der Waals surface area contributed by atoms with Crippen molar-refractivity contribution in [2.75, 3.05) is 21.3 Å². The zero-order chi connectivity index (χ0) is 20.5. The number of carbonyl (C=O) groups excluding carboxylic acids is 2. The first-order valence-corrected chi connectivity index (χ1v) is 8.04. The van der Waals surface area contributed by atoms with Crippen LogP contribution in [-0.4, -0.2) is 38.1 Å². The lowest BCUT2D eigenvalue weighted by Gasteiger charge is -2.36. The predicted molar refractivity (Wildman–Crippen MR) is 91.4 cm³/mol. The number of alkyl halides is 3. The fourth-order valence-corrected chi connectivity index (χ4v) is 3.24. The molecule has 27 heavy (non-hydrogen) atoms. The van der Waals surface area contributed by atoms with Crippen LogP contribution >= 0.6 is 0 Å². The van der Waals surface area contributed by atoms with Gasteiger partial charge in [0.2, 0.25) is 0 Å². The summed E-state index contributed by atoms with van der Waals surface area (Å²) in [5, 5.41) is 0. The maximum absolute atomic E-state index is 13.6. The molecule has 1 aromatic rings. The van der Waals surface area contributed by atoms with Crippen molar-refractivity contribution in [3.63, 3.8) is 0 Å². The molecule has 146 valence electrons. The Hall–Kier alpha value is -2.77. The molecule has 0 atom stereocenters. The molecule has 0 radical (unpaired) electrons. The van der Waals surface area contributed by atoms with Gasteiger partial charge in [0.15, 0.2) is 0 Å². The fraction of sp³-hybridized carbons (Fsp3) is 0.368. The molecule has 1 aromatic carbocycles. The van der Waals surface area contributed by atoms with E-state index in [4.69, 9.17) is 9.47 Å². The second kappa shape index (κ2) is 7.46. The molecule has 0 amide bonds. The molecule has 5 nitrogen and oxygen atoms in total. The summed E-state index contributed by atoms with van der Waals surface area (Å²) < 4.78 is 50.5. The topological polar surface area (TPSA) is 55.8 Å². The Bertz CT molecular complexity index is 800. The molecule has 1 aliphatic heterocycles. The number of halogens is 3. The summed E-state index contributed by atoms with van der Waals surface area (Å²) in [5.41, 5.74) is -0.422. The van der Waals surface area contributed by atoms with Gasteiger partial charge in [0.25, 0.3) is 0 Å². The number of nitrogens with zero attached hydrogens (tertiary/aromatic N) is 1. The average molecular weight is 383 g/mol. The van der Waals surface area contributed by atoms with Gasteiger partial charge in [0, 0.05) is 18.4 Å². The number of hydrogen-bond donors (Lipinski definition) is 0. The summed E-state index contributed by atoms with van der Waals surface area (Å²) in [6.45, 7) is 3.18. The van der Waals surface area contributed by atoms with Gasteiger partial charge < -0.3 is 14.4 Å². The number of rotatable bonds is 3. The molecule has 0 saturated carbocycles. The summed E-state index contributed by atoms with van der Waals surface area (Å²) in [4.78, 5) is 26.5. The normalized spacial score (nSPS) is 15.9. The van der Waals surface area contributed by atoms with Crippen LogP contribution in [-0.2, 0) is 25.2 Å². The molecule has 0 aromatic heterocycles. The Balaban J connectivity index is 2.89. The van der Waals surface area contributed by atoms with E-state index >= 15 is 0 Å². The monoisotopic (exact) mass is 383 g/mol. The summed E-state index contributed by atoms with van der Waals surface area (Å²) in [5.74, 6) is -2.88. The third-order valence-electron chi connectivity index (χ3n) is 4.75. The van der Waals surface area contributed by atoms with Gasteiger partial charge in [-0.3, -0.25) is 0 Å². The number of hydrogen-bond acceptors (Lipinski definition) is 5. The fourth-order valence-electron chi connectivity index (χ4n) is 3.24. The lowest BCUT2D eigenvalue weighted by Crippen LogP contribution is -2.34. The van der Waals surface area contributed by atoms with Gasteiger partial charge in [-0.05, 0) is 25.5 Å². The van der Waals surface area contributed by atoms with Crippen LogP contribution in [0.15, 0.2) is 46.8 Å². The van der Waals surface area contributed by atoms with Crippen molar-refractivity contribution < 1.29 is 32.2 Å². The van der Waals surface area contributed by atoms with E-state index in [-0.39, 0.29) is 16.7 Å². The molecule has 0 unspecified atom stereocenters. The summed E-state index contributed by atoms with van der Waals surface area (Å²) >= 11 is 0. The largest absolute Gasteiger partial charge is 0.466 e. The number of ether oxygens (including phenoxy) is 2. The Morgan fingerprint density at radius 1 is 0.963 bits per heavy atom. The zero-order valence-electron chi connectivity index (χ0n) is 15.6. The van der Waals surface area contributed by atoms with Crippen molar-refractivity contribution in [3.8, 4) is 0 Å². The van der Waals surface area contributed by atoms with E-state index in [1.165, 1.54) is 18.2 Å². The maximum Gasteiger partial charge on any atom is 0.416 e. The number of esters is 2.